The van der Waals surface area contributed by atoms with Gasteiger partial charge in [0, 0.05) is 11.7 Å². The smallest absolute Gasteiger partial charge is 0.243 e. The summed E-state index contributed by atoms with van der Waals surface area (Å²) < 4.78 is 13.1. The van der Waals surface area contributed by atoms with Crippen LogP contribution >= 0.6 is 23.2 Å². The largest absolute Gasteiger partial charge is 0.360 e. The van der Waals surface area contributed by atoms with E-state index in [9.17, 15) is 9.18 Å². The van der Waals surface area contributed by atoms with Gasteiger partial charge < -0.3 is 10.2 Å². The molecule has 0 fully saturated rings. The zero-order valence-corrected chi connectivity index (χ0v) is 14.3. The van der Waals surface area contributed by atoms with Crippen LogP contribution in [0.4, 0.5) is 15.8 Å². The molecular weight excluding hydrogens is 338 g/mol. The Kier molecular flexibility index (Phi) is 5.85. The minimum absolute atomic E-state index is 0.0629. The maximum atomic E-state index is 13.1. The molecule has 2 rings (SSSR count). The van der Waals surface area contributed by atoms with E-state index < -0.39 is 0 Å². The molecule has 3 nitrogen and oxygen atoms in total. The second-order valence-corrected chi connectivity index (χ2v) is 6.16. The summed E-state index contributed by atoms with van der Waals surface area (Å²) >= 11 is 12.1. The third-order valence-electron chi connectivity index (χ3n) is 3.32. The molecule has 6 heteroatoms. The van der Waals surface area contributed by atoms with Crippen LogP contribution in [0.1, 0.15) is 13.8 Å². The first-order chi connectivity index (χ1) is 10.9. The Bertz CT molecular complexity index is 669. The van der Waals surface area contributed by atoms with Gasteiger partial charge in [0.25, 0.3) is 0 Å². The minimum atomic E-state index is -0.315. The van der Waals surface area contributed by atoms with Crippen molar-refractivity contribution in [3.8, 4) is 0 Å². The lowest BCUT2D eigenvalue weighted by Gasteiger charge is -2.28. The molecule has 1 N–H and O–H groups in total. The predicted molar refractivity (Wildman–Crippen MR) is 94.0 cm³/mol. The molecule has 2 aromatic rings. The van der Waals surface area contributed by atoms with Gasteiger partial charge >= 0.3 is 0 Å². The molecule has 0 atom stereocenters. The molecule has 23 heavy (non-hydrogen) atoms. The Hall–Kier alpha value is -1.78. The topological polar surface area (TPSA) is 32.3 Å². The highest BCUT2D eigenvalue weighted by Crippen LogP contribution is 2.29. The number of nitrogens with zero attached hydrogens (tertiary/aromatic N) is 1. The molecule has 0 heterocycles. The summed E-state index contributed by atoms with van der Waals surface area (Å²) in [5, 5.41) is 3.48. The standard InChI is InChI=1S/C17H17Cl2FN2O/c1-11(2)22(13-8-6-12(20)7-9-13)10-16(23)21-17-14(18)4-3-5-15(17)19/h3-9,11H,10H2,1-2H3,(H,21,23). The van der Waals surface area contributed by atoms with Crippen molar-refractivity contribution < 1.29 is 9.18 Å². The first kappa shape index (κ1) is 17.6. The lowest BCUT2D eigenvalue weighted by atomic mass is 10.2. The molecule has 0 spiro atoms. The summed E-state index contributed by atoms with van der Waals surface area (Å²) in [5.41, 5.74) is 1.16. The van der Waals surface area contributed by atoms with Gasteiger partial charge in [-0.15, -0.1) is 0 Å². The monoisotopic (exact) mass is 354 g/mol. The van der Waals surface area contributed by atoms with Crippen LogP contribution in [-0.2, 0) is 4.79 Å². The molecule has 0 saturated heterocycles. The van der Waals surface area contributed by atoms with E-state index in [2.05, 4.69) is 5.32 Å². The van der Waals surface area contributed by atoms with E-state index in [-0.39, 0.29) is 24.3 Å². The third kappa shape index (κ3) is 4.60. The molecule has 0 aromatic heterocycles. The van der Waals surface area contributed by atoms with Gasteiger partial charge in [-0.2, -0.15) is 0 Å². The summed E-state index contributed by atoms with van der Waals surface area (Å²) in [7, 11) is 0. The third-order valence-corrected chi connectivity index (χ3v) is 3.95. The van der Waals surface area contributed by atoms with Crippen molar-refractivity contribution in [2.24, 2.45) is 0 Å². The highest BCUT2D eigenvalue weighted by atomic mass is 35.5. The van der Waals surface area contributed by atoms with Crippen LogP contribution < -0.4 is 10.2 Å². The molecule has 0 bridgehead atoms. The first-order valence-electron chi connectivity index (χ1n) is 7.14. The number of anilines is 2. The van der Waals surface area contributed by atoms with Crippen LogP contribution in [-0.4, -0.2) is 18.5 Å². The summed E-state index contributed by atoms with van der Waals surface area (Å²) in [6.45, 7) is 4.02. The number of amides is 1. The summed E-state index contributed by atoms with van der Waals surface area (Å²) in [6, 6.07) is 11.1. The van der Waals surface area contributed by atoms with E-state index in [1.165, 1.54) is 12.1 Å². The van der Waals surface area contributed by atoms with E-state index in [1.54, 1.807) is 30.3 Å². The van der Waals surface area contributed by atoms with Crippen LogP contribution in [0.15, 0.2) is 42.5 Å². The fourth-order valence-electron chi connectivity index (χ4n) is 2.16. The zero-order chi connectivity index (χ0) is 17.0. The fourth-order valence-corrected chi connectivity index (χ4v) is 2.65. The van der Waals surface area contributed by atoms with E-state index in [4.69, 9.17) is 23.2 Å². The highest BCUT2D eigenvalue weighted by Gasteiger charge is 2.17. The average molecular weight is 355 g/mol. The van der Waals surface area contributed by atoms with Gasteiger partial charge in [0.05, 0.1) is 22.3 Å². The SMILES string of the molecule is CC(C)N(CC(=O)Nc1c(Cl)cccc1Cl)c1ccc(F)cc1. The Morgan fingerprint density at radius 2 is 1.70 bits per heavy atom. The van der Waals surface area contributed by atoms with E-state index in [0.717, 1.165) is 5.69 Å². The number of carbonyl (C=O) groups excluding carboxylic acids is 1. The fraction of sp³-hybridized carbons (Fsp3) is 0.235. The number of para-hydroxylation sites is 1. The number of benzene rings is 2. The molecule has 0 aliphatic carbocycles. The van der Waals surface area contributed by atoms with E-state index in [1.807, 2.05) is 18.7 Å². The molecule has 0 aliphatic heterocycles. The molecule has 0 aliphatic rings. The maximum absolute atomic E-state index is 13.1. The maximum Gasteiger partial charge on any atom is 0.243 e. The van der Waals surface area contributed by atoms with Crippen LogP contribution in [0.5, 0.6) is 0 Å². The van der Waals surface area contributed by atoms with Crippen molar-refractivity contribution in [2.75, 3.05) is 16.8 Å². The number of rotatable bonds is 5. The van der Waals surface area contributed by atoms with Crippen LogP contribution in [0.2, 0.25) is 10.0 Å². The van der Waals surface area contributed by atoms with E-state index >= 15 is 0 Å². The molecule has 122 valence electrons. The van der Waals surface area contributed by atoms with Gasteiger partial charge in [-0.1, -0.05) is 29.3 Å². The van der Waals surface area contributed by atoms with Crippen molar-refractivity contribution in [1.29, 1.82) is 0 Å². The quantitative estimate of drug-likeness (QED) is 0.820. The van der Waals surface area contributed by atoms with Gasteiger partial charge in [0.2, 0.25) is 5.91 Å². The lowest BCUT2D eigenvalue weighted by molar-refractivity contribution is -0.115. The first-order valence-corrected chi connectivity index (χ1v) is 7.90. The number of hydrogen-bond donors (Lipinski definition) is 1. The average Bonchev–Trinajstić information content (AvgIpc) is 2.49. The number of carbonyl (C=O) groups is 1. The minimum Gasteiger partial charge on any atom is -0.360 e. The molecule has 0 saturated carbocycles. The van der Waals surface area contributed by atoms with E-state index in [0.29, 0.717) is 15.7 Å². The van der Waals surface area contributed by atoms with Crippen LogP contribution in [0.3, 0.4) is 0 Å². The summed E-state index contributed by atoms with van der Waals surface area (Å²) in [5.74, 6) is -0.567. The number of nitrogens with one attached hydrogen (secondary N) is 1. The normalized spacial score (nSPS) is 10.7. The highest BCUT2D eigenvalue weighted by molar-refractivity contribution is 6.39. The number of halogens is 3. The molecule has 0 radical (unpaired) electrons. The van der Waals surface area contributed by atoms with Gasteiger partial charge in [0.15, 0.2) is 0 Å². The molecular formula is C17H17Cl2FN2O. The number of hydrogen-bond acceptors (Lipinski definition) is 2. The second kappa shape index (κ2) is 7.66. The van der Waals surface area contributed by atoms with Crippen molar-refractivity contribution in [3.63, 3.8) is 0 Å². The van der Waals surface area contributed by atoms with Gasteiger partial charge in [-0.3, -0.25) is 4.79 Å². The second-order valence-electron chi connectivity index (χ2n) is 5.34. The zero-order valence-electron chi connectivity index (χ0n) is 12.8. The molecule has 2 aromatic carbocycles. The Morgan fingerprint density at radius 3 is 2.22 bits per heavy atom. The van der Waals surface area contributed by atoms with Crippen molar-refractivity contribution in [1.82, 2.24) is 0 Å². The van der Waals surface area contributed by atoms with Crippen molar-refractivity contribution >= 4 is 40.5 Å². The summed E-state index contributed by atoms with van der Waals surface area (Å²) in [4.78, 5) is 14.2. The Morgan fingerprint density at radius 1 is 1.13 bits per heavy atom. The lowest BCUT2D eigenvalue weighted by Crippen LogP contribution is -2.38. The Balaban J connectivity index is 2.14. The van der Waals surface area contributed by atoms with Gasteiger partial charge in [-0.25, -0.2) is 4.39 Å². The van der Waals surface area contributed by atoms with Gasteiger partial charge in [0.1, 0.15) is 5.82 Å². The predicted octanol–water partition coefficient (Wildman–Crippen LogP) is 4.99. The van der Waals surface area contributed by atoms with Gasteiger partial charge in [-0.05, 0) is 50.2 Å². The van der Waals surface area contributed by atoms with Crippen LogP contribution in [0.25, 0.3) is 0 Å². The molecule has 0 unspecified atom stereocenters. The van der Waals surface area contributed by atoms with Crippen molar-refractivity contribution in [3.05, 3.63) is 58.3 Å². The van der Waals surface area contributed by atoms with Crippen molar-refractivity contribution in [2.45, 2.75) is 19.9 Å². The summed E-state index contributed by atoms with van der Waals surface area (Å²) in [6.07, 6.45) is 0. The molecule has 1 amide bonds. The Labute approximate surface area is 145 Å². The van der Waals surface area contributed by atoms with Crippen LogP contribution in [0, 0.1) is 5.82 Å².